The summed E-state index contributed by atoms with van der Waals surface area (Å²) < 4.78 is 0. The highest BCUT2D eigenvalue weighted by Crippen LogP contribution is 2.40. The Morgan fingerprint density at radius 3 is 1.73 bits per heavy atom. The van der Waals surface area contributed by atoms with E-state index in [0.717, 1.165) is 33.4 Å². The second kappa shape index (κ2) is 14.7. The Labute approximate surface area is 160 Å². The third kappa shape index (κ3) is 5.45. The molecule has 2 heteroatoms. The minimum atomic E-state index is 0.491. The van der Waals surface area contributed by atoms with Gasteiger partial charge in [-0.15, -0.1) is 0 Å². The van der Waals surface area contributed by atoms with E-state index in [4.69, 9.17) is 0 Å². The summed E-state index contributed by atoms with van der Waals surface area (Å²) in [6, 6.07) is 0. The van der Waals surface area contributed by atoms with Gasteiger partial charge in [0.15, 0.2) is 0 Å². The van der Waals surface area contributed by atoms with E-state index in [1.165, 1.54) is 0 Å². The van der Waals surface area contributed by atoms with Crippen molar-refractivity contribution in [2.45, 2.75) is 48.5 Å². The van der Waals surface area contributed by atoms with Gasteiger partial charge in [0, 0.05) is 11.1 Å². The molecule has 0 radical (unpaired) electrons. The first-order chi connectivity index (χ1) is 12.6. The van der Waals surface area contributed by atoms with Crippen LogP contribution in [0.1, 0.15) is 48.5 Å². The lowest BCUT2D eigenvalue weighted by Crippen LogP contribution is -2.19. The van der Waals surface area contributed by atoms with Crippen molar-refractivity contribution in [1.29, 1.82) is 0 Å². The number of hydrogen-bond donors (Lipinski definition) is 1. The van der Waals surface area contributed by atoms with Gasteiger partial charge in [-0.3, -0.25) is 0 Å². The van der Waals surface area contributed by atoms with Crippen LogP contribution in [0, 0.1) is 0 Å². The molecule has 0 saturated heterocycles. The summed E-state index contributed by atoms with van der Waals surface area (Å²) in [5.41, 5.74) is 6.10. The smallest absolute Gasteiger partial charge is 0.118 e. The van der Waals surface area contributed by atoms with Crippen LogP contribution < -0.4 is 0 Å². The molecular formula is C24H35NO. The van der Waals surface area contributed by atoms with Crippen molar-refractivity contribution >= 4 is 5.71 Å². The number of rotatable bonds is 4. The van der Waals surface area contributed by atoms with E-state index >= 15 is 0 Å². The van der Waals surface area contributed by atoms with Crippen LogP contribution in [0.5, 0.6) is 0 Å². The van der Waals surface area contributed by atoms with Crippen molar-refractivity contribution in [1.82, 2.24) is 0 Å². The van der Waals surface area contributed by atoms with Gasteiger partial charge in [-0.05, 0) is 43.1 Å². The highest BCUT2D eigenvalue weighted by atomic mass is 16.4. The van der Waals surface area contributed by atoms with Crippen molar-refractivity contribution in [3.63, 3.8) is 0 Å². The normalized spacial score (nSPS) is 20.3. The van der Waals surface area contributed by atoms with Gasteiger partial charge in [0.1, 0.15) is 5.71 Å². The van der Waals surface area contributed by atoms with Crippen molar-refractivity contribution in [3.05, 3.63) is 95.7 Å². The quantitative estimate of drug-likeness (QED) is 0.317. The Hall–Kier alpha value is -2.61. The van der Waals surface area contributed by atoms with E-state index in [-0.39, 0.29) is 0 Å². The summed E-state index contributed by atoms with van der Waals surface area (Å²) >= 11 is 0. The molecule has 142 valence electrons. The summed E-state index contributed by atoms with van der Waals surface area (Å²) in [7, 11) is 0. The molecule has 26 heavy (non-hydrogen) atoms. The van der Waals surface area contributed by atoms with Gasteiger partial charge in [0.25, 0.3) is 0 Å². The van der Waals surface area contributed by atoms with Gasteiger partial charge in [0.05, 0.1) is 0 Å². The molecule has 0 unspecified atom stereocenters. The summed E-state index contributed by atoms with van der Waals surface area (Å²) in [6.45, 7) is 25.4. The van der Waals surface area contributed by atoms with Crippen molar-refractivity contribution in [3.8, 4) is 0 Å². The summed E-state index contributed by atoms with van der Waals surface area (Å²) in [6.07, 6.45) is 13.1. The minimum absolute atomic E-state index is 0.491. The van der Waals surface area contributed by atoms with E-state index in [1.807, 2.05) is 72.8 Å². The van der Waals surface area contributed by atoms with Gasteiger partial charge in [0.2, 0.25) is 0 Å². The van der Waals surface area contributed by atoms with E-state index < -0.39 is 0 Å². The van der Waals surface area contributed by atoms with Crippen LogP contribution >= 0.6 is 0 Å². The Morgan fingerprint density at radius 2 is 1.42 bits per heavy atom. The topological polar surface area (TPSA) is 32.6 Å². The van der Waals surface area contributed by atoms with E-state index in [2.05, 4.69) is 24.9 Å². The van der Waals surface area contributed by atoms with Crippen LogP contribution in [-0.2, 0) is 0 Å². The molecule has 0 bridgehead atoms. The number of allylic oxidation sites excluding steroid dienone is 13. The minimum Gasteiger partial charge on any atom is -0.410 e. The Bertz CT molecular complexity index is 677. The molecule has 1 N–H and O–H groups in total. The molecule has 0 aromatic carbocycles. The molecule has 0 aromatic rings. The molecule has 1 rings (SSSR count). The highest BCUT2D eigenvalue weighted by Gasteiger charge is 2.29. The average Bonchev–Trinajstić information content (AvgIpc) is 2.71. The second-order valence-corrected chi connectivity index (χ2v) is 4.61. The molecule has 0 fully saturated rings. The lowest BCUT2D eigenvalue weighted by atomic mass is 9.75. The predicted molar refractivity (Wildman–Crippen MR) is 119 cm³/mol. The summed E-state index contributed by atoms with van der Waals surface area (Å²) in [5.74, 6) is 0. The molecule has 1 aliphatic carbocycles. The van der Waals surface area contributed by atoms with Gasteiger partial charge in [-0.1, -0.05) is 95.1 Å². The standard InChI is InChI=1S/C20H23NO.2C2H6/c1-7-13-18-15(10-4)16(11-5)19(14(8-2)9-3)17(12-6)20(18)21-22;2*1-2/h7-13,22H,1-2,6H2,3-5H3;2*1-2H3/b14-9-,15-10-,16-11-,18-13+,21-20+;;. The van der Waals surface area contributed by atoms with Crippen LogP contribution in [0.25, 0.3) is 0 Å². The Kier molecular flexibility index (Phi) is 14.5. The molecular weight excluding hydrogens is 318 g/mol. The van der Waals surface area contributed by atoms with E-state index in [1.54, 1.807) is 18.2 Å². The highest BCUT2D eigenvalue weighted by molar-refractivity contribution is 6.20. The maximum absolute atomic E-state index is 9.55. The maximum atomic E-state index is 9.55. The largest absolute Gasteiger partial charge is 0.410 e. The third-order valence-electron chi connectivity index (χ3n) is 3.61. The zero-order valence-corrected chi connectivity index (χ0v) is 17.6. The van der Waals surface area contributed by atoms with Crippen LogP contribution in [0.2, 0.25) is 0 Å². The van der Waals surface area contributed by atoms with Crippen molar-refractivity contribution in [2.75, 3.05) is 0 Å². The Balaban J connectivity index is 0. The van der Waals surface area contributed by atoms with E-state index in [9.17, 15) is 5.21 Å². The fourth-order valence-corrected chi connectivity index (χ4v) is 2.70. The van der Waals surface area contributed by atoms with Crippen LogP contribution in [0.15, 0.2) is 101 Å². The van der Waals surface area contributed by atoms with Crippen molar-refractivity contribution in [2.24, 2.45) is 5.16 Å². The zero-order valence-electron chi connectivity index (χ0n) is 17.6. The monoisotopic (exact) mass is 353 g/mol. The fourth-order valence-electron chi connectivity index (χ4n) is 2.70. The Morgan fingerprint density at radius 1 is 0.885 bits per heavy atom. The predicted octanol–water partition coefficient (Wildman–Crippen LogP) is 7.50. The molecule has 0 amide bonds. The number of hydrogen-bond acceptors (Lipinski definition) is 2. The molecule has 0 atom stereocenters. The molecule has 1 aliphatic rings. The first-order valence-corrected chi connectivity index (χ1v) is 9.20. The van der Waals surface area contributed by atoms with E-state index in [0.29, 0.717) is 5.71 Å². The fraction of sp³-hybridized carbons (Fsp3) is 0.292. The molecule has 0 spiro atoms. The van der Waals surface area contributed by atoms with Gasteiger partial charge in [-0.25, -0.2) is 0 Å². The first-order valence-electron chi connectivity index (χ1n) is 9.20. The number of nitrogens with zero attached hydrogens (tertiary/aromatic N) is 1. The molecule has 0 aliphatic heterocycles. The molecule has 0 aromatic heterocycles. The zero-order chi connectivity index (χ0) is 20.7. The molecule has 0 heterocycles. The number of oxime groups is 1. The lowest BCUT2D eigenvalue weighted by molar-refractivity contribution is 0.319. The van der Waals surface area contributed by atoms with Crippen molar-refractivity contribution < 1.29 is 5.21 Å². The average molecular weight is 354 g/mol. The summed E-state index contributed by atoms with van der Waals surface area (Å²) in [5, 5.41) is 13.1. The van der Waals surface area contributed by atoms with Gasteiger partial charge >= 0.3 is 0 Å². The van der Waals surface area contributed by atoms with Crippen LogP contribution in [0.4, 0.5) is 0 Å². The lowest BCUT2D eigenvalue weighted by Gasteiger charge is -2.28. The molecule has 0 saturated carbocycles. The van der Waals surface area contributed by atoms with Gasteiger partial charge < -0.3 is 5.21 Å². The van der Waals surface area contributed by atoms with Crippen LogP contribution in [-0.4, -0.2) is 10.9 Å². The summed E-state index contributed by atoms with van der Waals surface area (Å²) in [4.78, 5) is 0. The third-order valence-corrected chi connectivity index (χ3v) is 3.61. The first kappa shape index (κ1) is 25.6. The van der Waals surface area contributed by atoms with Gasteiger partial charge in [-0.2, -0.15) is 0 Å². The molecule has 2 nitrogen and oxygen atoms in total. The second-order valence-electron chi connectivity index (χ2n) is 4.61. The van der Waals surface area contributed by atoms with Crippen LogP contribution in [0.3, 0.4) is 0 Å². The SMILES string of the molecule is C=C/C=C1\C(=C/C)\C(=C\C)C(/C(C=C)=C\C)=C(C=C)\C1=N/O.CC.CC. The maximum Gasteiger partial charge on any atom is 0.118 e.